The predicted molar refractivity (Wildman–Crippen MR) is 70.5 cm³/mol. The molecule has 0 unspecified atom stereocenters. The molecule has 1 saturated heterocycles. The zero-order valence-corrected chi connectivity index (χ0v) is 10.5. The zero-order valence-electron chi connectivity index (χ0n) is 9.69. The van der Waals surface area contributed by atoms with E-state index in [2.05, 4.69) is 5.32 Å². The summed E-state index contributed by atoms with van der Waals surface area (Å²) in [5.74, 6) is 2.84. The van der Waals surface area contributed by atoms with Gasteiger partial charge in [0.05, 0.1) is 5.56 Å². The molecule has 0 spiro atoms. The molecule has 1 aliphatic rings. The number of nitrogens with one attached hydrogen (secondary N) is 1. The van der Waals surface area contributed by atoms with Crippen molar-refractivity contribution < 1.29 is 9.90 Å². The maximum atomic E-state index is 11.8. The molecule has 3 nitrogen and oxygen atoms in total. The van der Waals surface area contributed by atoms with Crippen molar-refractivity contribution in [1.82, 2.24) is 5.32 Å². The number of para-hydroxylation sites is 1. The summed E-state index contributed by atoms with van der Waals surface area (Å²) in [5.41, 5.74) is 0.359. The third kappa shape index (κ3) is 3.40. The van der Waals surface area contributed by atoms with Crippen LogP contribution in [0.1, 0.15) is 23.2 Å². The van der Waals surface area contributed by atoms with Gasteiger partial charge in [-0.15, -0.1) is 0 Å². The van der Waals surface area contributed by atoms with Crippen molar-refractivity contribution in [2.75, 3.05) is 18.1 Å². The first-order chi connectivity index (χ1) is 8.27. The van der Waals surface area contributed by atoms with Crippen LogP contribution in [-0.4, -0.2) is 29.1 Å². The van der Waals surface area contributed by atoms with Crippen molar-refractivity contribution in [3.63, 3.8) is 0 Å². The van der Waals surface area contributed by atoms with E-state index >= 15 is 0 Å². The number of phenolic OH excluding ortho intramolecular Hbond substituents is 1. The minimum atomic E-state index is -0.179. The van der Waals surface area contributed by atoms with Crippen molar-refractivity contribution >= 4 is 17.7 Å². The molecule has 1 aromatic rings. The molecule has 0 aromatic heterocycles. The number of hydrogen-bond donors (Lipinski definition) is 2. The van der Waals surface area contributed by atoms with E-state index in [4.69, 9.17) is 0 Å². The molecule has 4 heteroatoms. The Morgan fingerprint density at radius 2 is 2.06 bits per heavy atom. The van der Waals surface area contributed by atoms with Gasteiger partial charge >= 0.3 is 0 Å². The van der Waals surface area contributed by atoms with E-state index in [9.17, 15) is 9.90 Å². The Balaban J connectivity index is 1.87. The summed E-state index contributed by atoms with van der Waals surface area (Å²) in [6.45, 7) is 0.716. The molecular formula is C13H17NO2S. The summed E-state index contributed by atoms with van der Waals surface area (Å²) >= 11 is 1.98. The van der Waals surface area contributed by atoms with Crippen molar-refractivity contribution in [3.05, 3.63) is 29.8 Å². The number of rotatable bonds is 3. The second kappa shape index (κ2) is 5.96. The van der Waals surface area contributed by atoms with E-state index in [1.807, 2.05) is 11.8 Å². The van der Waals surface area contributed by atoms with Crippen LogP contribution in [-0.2, 0) is 0 Å². The van der Waals surface area contributed by atoms with E-state index in [0.29, 0.717) is 18.0 Å². The number of carbonyl (C=O) groups is 1. The van der Waals surface area contributed by atoms with Crippen LogP contribution in [0.2, 0.25) is 0 Å². The maximum Gasteiger partial charge on any atom is 0.255 e. The highest BCUT2D eigenvalue weighted by molar-refractivity contribution is 7.99. The second-order valence-electron chi connectivity index (χ2n) is 4.28. The number of aromatic hydroxyl groups is 1. The molecule has 0 saturated carbocycles. The van der Waals surface area contributed by atoms with Gasteiger partial charge in [-0.1, -0.05) is 12.1 Å². The van der Waals surface area contributed by atoms with Gasteiger partial charge in [0.15, 0.2) is 0 Å². The molecule has 0 bridgehead atoms. The Labute approximate surface area is 106 Å². The standard InChI is InChI=1S/C13H17NO2S/c15-12-4-2-1-3-11(12)13(16)14-9-10-5-7-17-8-6-10/h1-4,10,15H,5-9H2,(H,14,16). The predicted octanol–water partition coefficient (Wildman–Crippen LogP) is 2.27. The number of hydrogen-bond acceptors (Lipinski definition) is 3. The van der Waals surface area contributed by atoms with Crippen molar-refractivity contribution in [2.45, 2.75) is 12.8 Å². The van der Waals surface area contributed by atoms with E-state index in [1.54, 1.807) is 18.2 Å². The molecule has 0 radical (unpaired) electrons. The summed E-state index contributed by atoms with van der Waals surface area (Å²) in [6, 6.07) is 6.64. The fourth-order valence-electron chi connectivity index (χ4n) is 1.95. The van der Waals surface area contributed by atoms with Crippen molar-refractivity contribution in [2.24, 2.45) is 5.92 Å². The van der Waals surface area contributed by atoms with Gasteiger partial charge in [0, 0.05) is 6.54 Å². The topological polar surface area (TPSA) is 49.3 Å². The number of carbonyl (C=O) groups excluding carboxylic acids is 1. The highest BCUT2D eigenvalue weighted by Crippen LogP contribution is 2.22. The number of amides is 1. The van der Waals surface area contributed by atoms with Gasteiger partial charge in [0.25, 0.3) is 5.91 Å². The quantitative estimate of drug-likeness (QED) is 0.866. The summed E-state index contributed by atoms with van der Waals surface area (Å²) < 4.78 is 0. The molecule has 92 valence electrons. The molecule has 1 fully saturated rings. The van der Waals surface area contributed by atoms with Gasteiger partial charge in [-0.25, -0.2) is 0 Å². The zero-order chi connectivity index (χ0) is 12.1. The SMILES string of the molecule is O=C(NCC1CCSCC1)c1ccccc1O. The minimum absolute atomic E-state index is 0.0456. The second-order valence-corrected chi connectivity index (χ2v) is 5.51. The Kier molecular flexibility index (Phi) is 4.31. The first kappa shape index (κ1) is 12.3. The van der Waals surface area contributed by atoms with Crippen LogP contribution in [0.4, 0.5) is 0 Å². The van der Waals surface area contributed by atoms with E-state index in [-0.39, 0.29) is 11.7 Å². The molecule has 1 amide bonds. The summed E-state index contributed by atoms with van der Waals surface area (Å²) in [4.78, 5) is 11.8. The molecule has 2 N–H and O–H groups in total. The van der Waals surface area contributed by atoms with Gasteiger partial charge in [-0.05, 0) is 42.4 Å². The minimum Gasteiger partial charge on any atom is -0.507 e. The Morgan fingerprint density at radius 3 is 2.76 bits per heavy atom. The normalized spacial score (nSPS) is 16.7. The van der Waals surface area contributed by atoms with Crippen molar-refractivity contribution in [1.29, 1.82) is 0 Å². The van der Waals surface area contributed by atoms with E-state index in [1.165, 1.54) is 30.4 Å². The van der Waals surface area contributed by atoms with Crippen LogP contribution in [0.25, 0.3) is 0 Å². The lowest BCUT2D eigenvalue weighted by molar-refractivity contribution is 0.0943. The Morgan fingerprint density at radius 1 is 1.35 bits per heavy atom. The van der Waals surface area contributed by atoms with Gasteiger partial charge in [-0.3, -0.25) is 4.79 Å². The lowest BCUT2D eigenvalue weighted by atomic mass is 10.0. The fourth-order valence-corrected chi connectivity index (χ4v) is 3.15. The van der Waals surface area contributed by atoms with Gasteiger partial charge < -0.3 is 10.4 Å². The van der Waals surface area contributed by atoms with Crippen LogP contribution in [0.15, 0.2) is 24.3 Å². The molecule has 17 heavy (non-hydrogen) atoms. The largest absolute Gasteiger partial charge is 0.507 e. The molecule has 0 atom stereocenters. The smallest absolute Gasteiger partial charge is 0.255 e. The number of phenols is 1. The molecule has 1 aromatic carbocycles. The van der Waals surface area contributed by atoms with Crippen LogP contribution in [0.5, 0.6) is 5.75 Å². The maximum absolute atomic E-state index is 11.8. The third-order valence-electron chi connectivity index (χ3n) is 3.04. The first-order valence-corrected chi connectivity index (χ1v) is 7.07. The molecule has 1 aliphatic heterocycles. The van der Waals surface area contributed by atoms with Crippen LogP contribution in [0.3, 0.4) is 0 Å². The van der Waals surface area contributed by atoms with Gasteiger partial charge in [-0.2, -0.15) is 11.8 Å². The lowest BCUT2D eigenvalue weighted by Gasteiger charge is -2.21. The van der Waals surface area contributed by atoms with E-state index < -0.39 is 0 Å². The first-order valence-electron chi connectivity index (χ1n) is 5.91. The average Bonchev–Trinajstić information content (AvgIpc) is 2.38. The monoisotopic (exact) mass is 251 g/mol. The third-order valence-corrected chi connectivity index (χ3v) is 4.09. The van der Waals surface area contributed by atoms with Gasteiger partial charge in [0.2, 0.25) is 0 Å². The van der Waals surface area contributed by atoms with Crippen LogP contribution >= 0.6 is 11.8 Å². The fraction of sp³-hybridized carbons (Fsp3) is 0.462. The van der Waals surface area contributed by atoms with E-state index in [0.717, 1.165) is 0 Å². The molecular weight excluding hydrogens is 234 g/mol. The van der Waals surface area contributed by atoms with Crippen LogP contribution in [0, 0.1) is 5.92 Å². The van der Waals surface area contributed by atoms with Crippen LogP contribution < -0.4 is 5.32 Å². The molecule has 2 rings (SSSR count). The summed E-state index contributed by atoms with van der Waals surface area (Å²) in [7, 11) is 0. The summed E-state index contributed by atoms with van der Waals surface area (Å²) in [5, 5.41) is 12.5. The lowest BCUT2D eigenvalue weighted by Crippen LogP contribution is -2.30. The Bertz CT molecular complexity index is 389. The van der Waals surface area contributed by atoms with Gasteiger partial charge in [0.1, 0.15) is 5.75 Å². The molecule has 0 aliphatic carbocycles. The summed E-state index contributed by atoms with van der Waals surface area (Å²) in [6.07, 6.45) is 2.34. The molecule has 1 heterocycles. The number of benzene rings is 1. The Hall–Kier alpha value is -1.16. The highest BCUT2D eigenvalue weighted by atomic mass is 32.2. The number of thioether (sulfide) groups is 1. The van der Waals surface area contributed by atoms with Crippen molar-refractivity contribution in [3.8, 4) is 5.75 Å². The average molecular weight is 251 g/mol. The highest BCUT2D eigenvalue weighted by Gasteiger charge is 2.16.